The highest BCUT2D eigenvalue weighted by molar-refractivity contribution is 8.13. The summed E-state index contributed by atoms with van der Waals surface area (Å²) in [5.41, 5.74) is 2.22. The molecule has 6 nitrogen and oxygen atoms in total. The number of aromatic nitrogens is 1. The van der Waals surface area contributed by atoms with Crippen LogP contribution in [-0.4, -0.2) is 26.8 Å². The van der Waals surface area contributed by atoms with Crippen LogP contribution in [0.2, 0.25) is 0 Å². The maximum absolute atomic E-state index is 13.0. The van der Waals surface area contributed by atoms with E-state index in [4.69, 9.17) is 10.1 Å². The Morgan fingerprint density at radius 2 is 1.97 bits per heavy atom. The number of amidine groups is 1. The molecule has 0 fully saturated rings. The largest absolute Gasteiger partial charge is 0.298 e. The van der Waals surface area contributed by atoms with Crippen LogP contribution in [0.1, 0.15) is 50.2 Å². The average Bonchev–Trinajstić information content (AvgIpc) is 2.73. The summed E-state index contributed by atoms with van der Waals surface area (Å²) in [5.74, 6) is 0.791. The van der Waals surface area contributed by atoms with Crippen molar-refractivity contribution in [2.24, 2.45) is 10.1 Å². The fraction of sp³-hybridized carbons (Fsp3) is 0.364. The molecule has 0 saturated carbocycles. The van der Waals surface area contributed by atoms with Gasteiger partial charge in [-0.3, -0.25) is 20.1 Å². The topological polar surface area (TPSA) is 70.0 Å². The number of benzene rings is 1. The maximum atomic E-state index is 13.0. The molecule has 0 aliphatic carbocycles. The van der Waals surface area contributed by atoms with Gasteiger partial charge in [-0.1, -0.05) is 62.2 Å². The van der Waals surface area contributed by atoms with E-state index in [9.17, 15) is 4.79 Å². The van der Waals surface area contributed by atoms with Gasteiger partial charge in [0, 0.05) is 16.7 Å². The van der Waals surface area contributed by atoms with Crippen LogP contribution in [0.3, 0.4) is 0 Å². The first-order chi connectivity index (χ1) is 14.2. The van der Waals surface area contributed by atoms with Crippen molar-refractivity contribution in [3.8, 4) is 0 Å². The molecule has 0 saturated heterocycles. The highest BCUT2D eigenvalue weighted by Crippen LogP contribution is 2.29. The first-order valence-corrected chi connectivity index (χ1v) is 11.1. The Kier molecular flexibility index (Phi) is 5.94. The third-order valence-electron chi connectivity index (χ3n) is 4.93. The second-order valence-corrected chi connectivity index (χ2v) is 8.27. The van der Waals surface area contributed by atoms with Gasteiger partial charge in [0.1, 0.15) is 5.70 Å². The zero-order valence-corrected chi connectivity index (χ0v) is 17.6. The van der Waals surface area contributed by atoms with Crippen molar-refractivity contribution in [3.63, 3.8) is 0 Å². The lowest BCUT2D eigenvalue weighted by atomic mass is 10.1. The number of amides is 1. The summed E-state index contributed by atoms with van der Waals surface area (Å²) in [4.78, 5) is 22.6. The SMILES string of the molecule is CCCCCCSC1=NN2C(=c3ccccc3=N[C@@H]2c2cccc(C)n2)C(=O)N1. The number of hydrazone groups is 1. The monoisotopic (exact) mass is 407 g/mol. The van der Waals surface area contributed by atoms with Gasteiger partial charge >= 0.3 is 0 Å². The summed E-state index contributed by atoms with van der Waals surface area (Å²) in [6, 6.07) is 13.5. The minimum absolute atomic E-state index is 0.143. The van der Waals surface area contributed by atoms with Crippen molar-refractivity contribution in [3.05, 3.63) is 64.4 Å². The molecule has 3 heterocycles. The molecular weight excluding hydrogens is 382 g/mol. The van der Waals surface area contributed by atoms with Crippen molar-refractivity contribution < 1.29 is 4.79 Å². The molecule has 1 aromatic carbocycles. The fourth-order valence-electron chi connectivity index (χ4n) is 3.49. The minimum Gasteiger partial charge on any atom is -0.298 e. The van der Waals surface area contributed by atoms with Crippen LogP contribution >= 0.6 is 11.8 Å². The molecule has 7 heteroatoms. The lowest BCUT2D eigenvalue weighted by molar-refractivity contribution is -0.116. The van der Waals surface area contributed by atoms with Gasteiger partial charge in [0.2, 0.25) is 0 Å². The van der Waals surface area contributed by atoms with Gasteiger partial charge in [-0.05, 0) is 31.5 Å². The lowest BCUT2D eigenvalue weighted by Gasteiger charge is -2.33. The number of unbranched alkanes of at least 4 members (excludes halogenated alkanes) is 3. The van der Waals surface area contributed by atoms with E-state index in [-0.39, 0.29) is 5.91 Å². The smallest absolute Gasteiger partial charge is 0.276 e. The molecule has 4 rings (SSSR count). The number of nitrogens with one attached hydrogen (secondary N) is 1. The number of para-hydroxylation sites is 1. The summed E-state index contributed by atoms with van der Waals surface area (Å²) in [6.07, 6.45) is 4.30. The molecule has 1 N–H and O–H groups in total. The zero-order chi connectivity index (χ0) is 20.2. The van der Waals surface area contributed by atoms with E-state index in [2.05, 4.69) is 17.2 Å². The number of aryl methyl sites for hydroxylation is 1. The fourth-order valence-corrected chi connectivity index (χ4v) is 4.34. The molecule has 1 aromatic heterocycles. The first kappa shape index (κ1) is 19.6. The molecule has 1 atom stereocenters. The van der Waals surface area contributed by atoms with Gasteiger partial charge in [-0.25, -0.2) is 5.01 Å². The predicted octanol–water partition coefficient (Wildman–Crippen LogP) is 2.85. The van der Waals surface area contributed by atoms with Crippen molar-refractivity contribution in [2.45, 2.75) is 45.7 Å². The highest BCUT2D eigenvalue weighted by atomic mass is 32.2. The Hall–Kier alpha value is -2.67. The molecule has 1 amide bonds. The van der Waals surface area contributed by atoms with Crippen LogP contribution in [0.25, 0.3) is 5.70 Å². The second-order valence-electron chi connectivity index (χ2n) is 7.19. The third-order valence-corrected chi connectivity index (χ3v) is 5.88. The number of pyridine rings is 1. The summed E-state index contributed by atoms with van der Waals surface area (Å²) in [5, 5.41) is 11.7. The number of hydrogen-bond donors (Lipinski definition) is 1. The summed E-state index contributed by atoms with van der Waals surface area (Å²) < 4.78 is 0. The van der Waals surface area contributed by atoms with Crippen molar-refractivity contribution >= 4 is 28.5 Å². The van der Waals surface area contributed by atoms with Crippen LogP contribution in [0.5, 0.6) is 0 Å². The molecule has 0 bridgehead atoms. The number of rotatable bonds is 6. The van der Waals surface area contributed by atoms with E-state index >= 15 is 0 Å². The molecule has 0 spiro atoms. The van der Waals surface area contributed by atoms with Gasteiger partial charge in [-0.15, -0.1) is 5.10 Å². The Bertz CT molecular complexity index is 1060. The van der Waals surface area contributed by atoms with E-state index < -0.39 is 6.17 Å². The van der Waals surface area contributed by atoms with E-state index in [0.29, 0.717) is 10.9 Å². The zero-order valence-electron chi connectivity index (χ0n) is 16.8. The van der Waals surface area contributed by atoms with Crippen molar-refractivity contribution in [2.75, 3.05) is 5.75 Å². The van der Waals surface area contributed by atoms with Crippen LogP contribution in [-0.2, 0) is 4.79 Å². The number of hydrogen-bond acceptors (Lipinski definition) is 6. The number of carbonyl (C=O) groups is 1. The van der Waals surface area contributed by atoms with Crippen molar-refractivity contribution in [1.82, 2.24) is 15.3 Å². The number of fused-ring (bicyclic) bond motifs is 2. The lowest BCUT2D eigenvalue weighted by Crippen LogP contribution is -2.50. The van der Waals surface area contributed by atoms with Gasteiger partial charge in [0.05, 0.1) is 11.1 Å². The first-order valence-electron chi connectivity index (χ1n) is 10.1. The van der Waals surface area contributed by atoms with E-state index in [1.165, 1.54) is 19.3 Å². The predicted molar refractivity (Wildman–Crippen MR) is 116 cm³/mol. The summed E-state index contributed by atoms with van der Waals surface area (Å²) in [6.45, 7) is 4.15. The van der Waals surface area contributed by atoms with E-state index in [1.54, 1.807) is 16.8 Å². The second kappa shape index (κ2) is 8.78. The van der Waals surface area contributed by atoms with Gasteiger partial charge in [0.25, 0.3) is 5.91 Å². The summed E-state index contributed by atoms with van der Waals surface area (Å²) in [7, 11) is 0. The van der Waals surface area contributed by atoms with Crippen LogP contribution in [0.15, 0.2) is 52.6 Å². The quantitative estimate of drug-likeness (QED) is 0.748. The Balaban J connectivity index is 1.71. The minimum atomic E-state index is -0.457. The Morgan fingerprint density at radius 1 is 1.10 bits per heavy atom. The number of nitrogens with zero attached hydrogens (tertiary/aromatic N) is 4. The van der Waals surface area contributed by atoms with Crippen molar-refractivity contribution in [1.29, 1.82) is 0 Å². The molecule has 2 aromatic rings. The molecule has 2 aliphatic rings. The molecular formula is C22H25N5OS. The molecule has 0 unspecified atom stereocenters. The van der Waals surface area contributed by atoms with Crippen LogP contribution < -0.4 is 15.9 Å². The number of carbonyl (C=O) groups excluding carboxylic acids is 1. The highest BCUT2D eigenvalue weighted by Gasteiger charge is 2.34. The average molecular weight is 408 g/mol. The maximum Gasteiger partial charge on any atom is 0.276 e. The Morgan fingerprint density at radius 3 is 2.79 bits per heavy atom. The Labute approximate surface area is 174 Å². The third kappa shape index (κ3) is 4.19. The van der Waals surface area contributed by atoms with Gasteiger partial charge in [0.15, 0.2) is 11.3 Å². The van der Waals surface area contributed by atoms with Gasteiger partial charge in [-0.2, -0.15) is 0 Å². The standard InChI is InChI=1S/C22H25N5OS/c1-3-4-5-8-14-29-22-25-21(28)19-16-11-6-7-12-17(16)24-20(27(19)26-22)18-13-9-10-15(2)23-18/h6-7,9-13,20H,3-5,8,14H2,1-2H3,(H,25,26,28)/t20-/m0/s1. The molecule has 29 heavy (non-hydrogen) atoms. The molecule has 150 valence electrons. The molecule has 0 radical (unpaired) electrons. The summed E-state index contributed by atoms with van der Waals surface area (Å²) >= 11 is 1.59. The van der Waals surface area contributed by atoms with Crippen LogP contribution in [0.4, 0.5) is 0 Å². The van der Waals surface area contributed by atoms with Gasteiger partial charge < -0.3 is 0 Å². The normalized spacial score (nSPS) is 17.8. The van der Waals surface area contributed by atoms with Crippen LogP contribution in [0, 0.1) is 6.92 Å². The van der Waals surface area contributed by atoms with E-state index in [0.717, 1.165) is 34.1 Å². The molecule has 2 aliphatic heterocycles. The number of thioether (sulfide) groups is 1. The van der Waals surface area contributed by atoms with E-state index in [1.807, 2.05) is 49.4 Å².